The van der Waals surface area contributed by atoms with E-state index in [1.165, 1.54) is 6.07 Å². The van der Waals surface area contributed by atoms with Gasteiger partial charge in [0.05, 0.1) is 6.54 Å². The van der Waals surface area contributed by atoms with Crippen LogP contribution in [0.5, 0.6) is 5.75 Å². The van der Waals surface area contributed by atoms with Crippen LogP contribution < -0.4 is 15.4 Å². The molecule has 2 heterocycles. The molecule has 10 heteroatoms. The van der Waals surface area contributed by atoms with Crippen LogP contribution in [0.3, 0.4) is 0 Å². The Labute approximate surface area is 159 Å². The standard InChI is InChI=1S/C17H20F3N5OS/c18-17(19,20)12-26-14-3-1-2-13(10-14)11-23-15(21)24-5-7-25(8-6-24)16-22-4-9-27-16/h1-4,9-10H,5-8,11-12H2,(H2,21,23). The third-order valence-electron chi connectivity index (χ3n) is 4.02. The van der Waals surface area contributed by atoms with Gasteiger partial charge in [-0.15, -0.1) is 11.3 Å². The molecule has 3 rings (SSSR count). The molecule has 1 aromatic carbocycles. The van der Waals surface area contributed by atoms with Crippen LogP contribution >= 0.6 is 11.3 Å². The van der Waals surface area contributed by atoms with E-state index in [2.05, 4.69) is 14.9 Å². The molecule has 1 saturated heterocycles. The smallest absolute Gasteiger partial charge is 0.422 e. The fraction of sp³-hybridized carbons (Fsp3) is 0.412. The molecule has 2 aromatic rings. The number of nitrogens with zero attached hydrogens (tertiary/aromatic N) is 4. The Bertz CT molecular complexity index is 758. The van der Waals surface area contributed by atoms with Crippen molar-refractivity contribution in [2.75, 3.05) is 37.7 Å². The van der Waals surface area contributed by atoms with Gasteiger partial charge in [0.15, 0.2) is 17.7 Å². The van der Waals surface area contributed by atoms with Gasteiger partial charge in [-0.2, -0.15) is 13.2 Å². The molecule has 0 atom stereocenters. The summed E-state index contributed by atoms with van der Waals surface area (Å²) in [5.74, 6) is 0.589. The van der Waals surface area contributed by atoms with Crippen molar-refractivity contribution in [3.63, 3.8) is 0 Å². The molecule has 1 fully saturated rings. The van der Waals surface area contributed by atoms with E-state index in [4.69, 9.17) is 10.5 Å². The van der Waals surface area contributed by atoms with Crippen LogP contribution in [0.2, 0.25) is 0 Å². The number of piperazine rings is 1. The van der Waals surface area contributed by atoms with E-state index in [-0.39, 0.29) is 12.3 Å². The maximum atomic E-state index is 12.2. The summed E-state index contributed by atoms with van der Waals surface area (Å²) in [6.07, 6.45) is -2.58. The molecule has 1 aliphatic heterocycles. The molecule has 6 nitrogen and oxygen atoms in total. The molecule has 0 aliphatic carbocycles. The number of hydrogen-bond donors (Lipinski definition) is 1. The van der Waals surface area contributed by atoms with Crippen molar-refractivity contribution in [1.82, 2.24) is 9.88 Å². The summed E-state index contributed by atoms with van der Waals surface area (Å²) in [5.41, 5.74) is 6.81. The average Bonchev–Trinajstić information content (AvgIpc) is 3.19. The van der Waals surface area contributed by atoms with Crippen LogP contribution in [0.25, 0.3) is 0 Å². The fourth-order valence-corrected chi connectivity index (χ4v) is 3.37. The van der Waals surface area contributed by atoms with E-state index in [1.54, 1.807) is 35.7 Å². The number of anilines is 1. The second-order valence-corrected chi connectivity index (χ2v) is 6.89. The average molecular weight is 399 g/mol. The predicted octanol–water partition coefficient (Wildman–Crippen LogP) is 2.72. The molecule has 0 bridgehead atoms. The van der Waals surface area contributed by atoms with Gasteiger partial charge < -0.3 is 20.3 Å². The van der Waals surface area contributed by atoms with Crippen LogP contribution in [0.1, 0.15) is 5.56 Å². The molecule has 0 saturated carbocycles. The first kappa shape index (κ1) is 19.3. The zero-order chi connectivity index (χ0) is 19.3. The monoisotopic (exact) mass is 399 g/mol. The molecule has 0 amide bonds. The molecular formula is C17H20F3N5OS. The maximum absolute atomic E-state index is 12.2. The Balaban J connectivity index is 1.52. The summed E-state index contributed by atoms with van der Waals surface area (Å²) in [6, 6.07) is 6.44. The topological polar surface area (TPSA) is 67.0 Å². The van der Waals surface area contributed by atoms with Gasteiger partial charge in [-0.05, 0) is 17.7 Å². The molecule has 1 aromatic heterocycles. The predicted molar refractivity (Wildman–Crippen MR) is 99.2 cm³/mol. The number of rotatable bonds is 5. The highest BCUT2D eigenvalue weighted by Crippen LogP contribution is 2.20. The number of guanidine groups is 1. The molecule has 2 N–H and O–H groups in total. The van der Waals surface area contributed by atoms with Crippen molar-refractivity contribution in [2.45, 2.75) is 12.7 Å². The zero-order valence-electron chi connectivity index (χ0n) is 14.5. The summed E-state index contributed by atoms with van der Waals surface area (Å²) in [5, 5.41) is 2.95. The lowest BCUT2D eigenvalue weighted by Crippen LogP contribution is -2.51. The molecule has 0 spiro atoms. The maximum Gasteiger partial charge on any atom is 0.422 e. The number of ether oxygens (including phenoxy) is 1. The van der Waals surface area contributed by atoms with Gasteiger partial charge in [0.1, 0.15) is 5.75 Å². The van der Waals surface area contributed by atoms with Crippen LogP contribution in [0, 0.1) is 0 Å². The van der Waals surface area contributed by atoms with E-state index >= 15 is 0 Å². The van der Waals surface area contributed by atoms with Gasteiger partial charge in [0.2, 0.25) is 0 Å². The minimum Gasteiger partial charge on any atom is -0.484 e. The minimum absolute atomic E-state index is 0.163. The molecule has 27 heavy (non-hydrogen) atoms. The van der Waals surface area contributed by atoms with Crippen LogP contribution in [0.4, 0.5) is 18.3 Å². The second kappa shape index (κ2) is 8.47. The molecule has 146 valence electrons. The molecule has 1 aliphatic rings. The Morgan fingerprint density at radius 3 is 2.70 bits per heavy atom. The number of alkyl halides is 3. The number of halogens is 3. The third kappa shape index (κ3) is 5.75. The number of thiazole rings is 1. The van der Waals surface area contributed by atoms with E-state index < -0.39 is 12.8 Å². The highest BCUT2D eigenvalue weighted by Gasteiger charge is 2.28. The van der Waals surface area contributed by atoms with Crippen molar-refractivity contribution in [3.05, 3.63) is 41.4 Å². The zero-order valence-corrected chi connectivity index (χ0v) is 15.3. The first-order valence-electron chi connectivity index (χ1n) is 8.38. The summed E-state index contributed by atoms with van der Waals surface area (Å²) in [7, 11) is 0. The number of hydrogen-bond acceptors (Lipinski definition) is 5. The second-order valence-electron chi connectivity index (χ2n) is 6.01. The third-order valence-corrected chi connectivity index (χ3v) is 4.85. The number of aliphatic imine (C=N–C) groups is 1. The van der Waals surface area contributed by atoms with Gasteiger partial charge in [0.25, 0.3) is 0 Å². The molecular weight excluding hydrogens is 379 g/mol. The van der Waals surface area contributed by atoms with Gasteiger partial charge in [-0.3, -0.25) is 0 Å². The minimum atomic E-state index is -4.36. The van der Waals surface area contributed by atoms with Gasteiger partial charge in [0, 0.05) is 37.8 Å². The van der Waals surface area contributed by atoms with Crippen molar-refractivity contribution in [1.29, 1.82) is 0 Å². The summed E-state index contributed by atoms with van der Waals surface area (Å²) in [6.45, 7) is 2.06. The van der Waals surface area contributed by atoms with Crippen molar-refractivity contribution < 1.29 is 17.9 Å². The summed E-state index contributed by atoms with van der Waals surface area (Å²) < 4.78 is 41.5. The van der Waals surface area contributed by atoms with Crippen LogP contribution in [0.15, 0.2) is 40.8 Å². The normalized spacial score (nSPS) is 15.9. The fourth-order valence-electron chi connectivity index (χ4n) is 2.67. The lowest BCUT2D eigenvalue weighted by molar-refractivity contribution is -0.153. The summed E-state index contributed by atoms with van der Waals surface area (Å²) in [4.78, 5) is 12.9. The Morgan fingerprint density at radius 1 is 1.26 bits per heavy atom. The molecule has 0 radical (unpaired) electrons. The van der Waals surface area contributed by atoms with Gasteiger partial charge >= 0.3 is 6.18 Å². The Morgan fingerprint density at radius 2 is 2.04 bits per heavy atom. The van der Waals surface area contributed by atoms with Crippen LogP contribution in [-0.4, -0.2) is 54.8 Å². The SMILES string of the molecule is NC(=NCc1cccc(OCC(F)(F)F)c1)N1CCN(c2nccs2)CC1. The number of nitrogens with two attached hydrogens (primary N) is 1. The van der Waals surface area contributed by atoms with E-state index in [1.807, 2.05) is 10.3 Å². The lowest BCUT2D eigenvalue weighted by atomic mass is 10.2. The van der Waals surface area contributed by atoms with Crippen molar-refractivity contribution >= 4 is 22.4 Å². The van der Waals surface area contributed by atoms with Crippen molar-refractivity contribution in [3.8, 4) is 5.75 Å². The van der Waals surface area contributed by atoms with Gasteiger partial charge in [-0.1, -0.05) is 12.1 Å². The lowest BCUT2D eigenvalue weighted by Gasteiger charge is -2.35. The quantitative estimate of drug-likeness (QED) is 0.619. The van der Waals surface area contributed by atoms with E-state index in [9.17, 15) is 13.2 Å². The summed E-state index contributed by atoms with van der Waals surface area (Å²) >= 11 is 1.61. The Kier molecular flexibility index (Phi) is 6.04. The Hall–Kier alpha value is -2.49. The van der Waals surface area contributed by atoms with E-state index in [0.29, 0.717) is 5.96 Å². The van der Waals surface area contributed by atoms with Crippen molar-refractivity contribution in [2.24, 2.45) is 10.7 Å². The highest BCUT2D eigenvalue weighted by atomic mass is 32.1. The highest BCUT2D eigenvalue weighted by molar-refractivity contribution is 7.13. The first-order chi connectivity index (χ1) is 12.9. The van der Waals surface area contributed by atoms with E-state index in [0.717, 1.165) is 36.9 Å². The number of aromatic nitrogens is 1. The first-order valence-corrected chi connectivity index (χ1v) is 9.26. The molecule has 0 unspecified atom stereocenters. The largest absolute Gasteiger partial charge is 0.484 e. The van der Waals surface area contributed by atoms with Gasteiger partial charge in [-0.25, -0.2) is 9.98 Å². The van der Waals surface area contributed by atoms with Crippen LogP contribution in [-0.2, 0) is 6.54 Å². The number of benzene rings is 1.